The molecule has 2 rings (SSSR count). The van der Waals surface area contributed by atoms with Gasteiger partial charge in [-0.1, -0.05) is 24.3 Å². The lowest BCUT2D eigenvalue weighted by atomic mass is 10.1. The lowest BCUT2D eigenvalue weighted by molar-refractivity contribution is -0.136. The molecule has 0 aliphatic carbocycles. The minimum Gasteiger partial charge on any atom is -0.497 e. The van der Waals surface area contributed by atoms with Crippen LogP contribution in [0, 0.1) is 0 Å². The third kappa shape index (κ3) is 5.85. The summed E-state index contributed by atoms with van der Waals surface area (Å²) in [6.07, 6.45) is 0. The van der Waals surface area contributed by atoms with Gasteiger partial charge in [0.15, 0.2) is 0 Å². The van der Waals surface area contributed by atoms with Crippen molar-refractivity contribution >= 4 is 23.4 Å². The first kappa shape index (κ1) is 20.0. The van der Waals surface area contributed by atoms with E-state index in [1.54, 1.807) is 49.6 Å². The molecule has 0 saturated carbocycles. The largest absolute Gasteiger partial charge is 0.497 e. The van der Waals surface area contributed by atoms with Crippen molar-refractivity contribution in [2.45, 2.75) is 26.4 Å². The van der Waals surface area contributed by atoms with Crippen LogP contribution in [-0.4, -0.2) is 30.9 Å². The van der Waals surface area contributed by atoms with Crippen molar-refractivity contribution in [2.75, 3.05) is 12.4 Å². The fourth-order valence-corrected chi connectivity index (χ4v) is 2.35. The zero-order chi connectivity index (χ0) is 19.8. The summed E-state index contributed by atoms with van der Waals surface area (Å²) >= 11 is 0. The molecular formula is C20H23N3O4. The highest BCUT2D eigenvalue weighted by molar-refractivity contribution is 6.40. The SMILES string of the molecule is COc1cccc(CNC(=O)C(=O)Nc2ccccc2C(=O)NC(C)C)c1. The van der Waals surface area contributed by atoms with Gasteiger partial charge >= 0.3 is 11.8 Å². The summed E-state index contributed by atoms with van der Waals surface area (Å²) in [6.45, 7) is 3.86. The molecular weight excluding hydrogens is 346 g/mol. The molecule has 2 aromatic carbocycles. The van der Waals surface area contributed by atoms with Crippen LogP contribution in [0.15, 0.2) is 48.5 Å². The van der Waals surface area contributed by atoms with Crippen LogP contribution >= 0.6 is 0 Å². The van der Waals surface area contributed by atoms with Crippen LogP contribution in [0.1, 0.15) is 29.8 Å². The highest BCUT2D eigenvalue weighted by Crippen LogP contribution is 2.15. The molecule has 27 heavy (non-hydrogen) atoms. The normalized spacial score (nSPS) is 10.2. The summed E-state index contributed by atoms with van der Waals surface area (Å²) in [5, 5.41) is 7.79. The van der Waals surface area contributed by atoms with Gasteiger partial charge in [-0.2, -0.15) is 0 Å². The fourth-order valence-electron chi connectivity index (χ4n) is 2.35. The Morgan fingerprint density at radius 2 is 1.74 bits per heavy atom. The monoisotopic (exact) mass is 369 g/mol. The molecule has 0 atom stereocenters. The maximum Gasteiger partial charge on any atom is 0.313 e. The van der Waals surface area contributed by atoms with E-state index in [1.807, 2.05) is 19.9 Å². The number of carbonyl (C=O) groups excluding carboxylic acids is 3. The number of methoxy groups -OCH3 is 1. The second-order valence-electron chi connectivity index (χ2n) is 6.16. The van der Waals surface area contributed by atoms with E-state index < -0.39 is 11.8 Å². The molecule has 0 aliphatic rings. The molecule has 0 aromatic heterocycles. The molecule has 0 heterocycles. The van der Waals surface area contributed by atoms with Gasteiger partial charge in [0.1, 0.15) is 5.75 Å². The summed E-state index contributed by atoms with van der Waals surface area (Å²) in [4.78, 5) is 36.5. The predicted octanol–water partition coefficient (Wildman–Crippen LogP) is 2.09. The summed E-state index contributed by atoms with van der Waals surface area (Å²) in [5.41, 5.74) is 1.37. The summed E-state index contributed by atoms with van der Waals surface area (Å²) in [6, 6.07) is 13.6. The van der Waals surface area contributed by atoms with Crippen LogP contribution in [0.3, 0.4) is 0 Å². The van der Waals surface area contributed by atoms with Gasteiger partial charge in [0.05, 0.1) is 18.4 Å². The lowest BCUT2D eigenvalue weighted by Gasteiger charge is -2.13. The number of benzene rings is 2. The Hall–Kier alpha value is -3.35. The molecule has 3 amide bonds. The average Bonchev–Trinajstić information content (AvgIpc) is 2.66. The molecule has 0 spiro atoms. The highest BCUT2D eigenvalue weighted by atomic mass is 16.5. The minimum absolute atomic E-state index is 0.0487. The molecule has 0 saturated heterocycles. The molecule has 2 aromatic rings. The van der Waals surface area contributed by atoms with Gasteiger partial charge in [-0.15, -0.1) is 0 Å². The van der Waals surface area contributed by atoms with Crippen LogP contribution in [-0.2, 0) is 16.1 Å². The van der Waals surface area contributed by atoms with Crippen molar-refractivity contribution in [2.24, 2.45) is 0 Å². The maximum absolute atomic E-state index is 12.2. The third-order valence-electron chi connectivity index (χ3n) is 3.63. The second-order valence-corrected chi connectivity index (χ2v) is 6.16. The topological polar surface area (TPSA) is 96.5 Å². The molecule has 7 nitrogen and oxygen atoms in total. The zero-order valence-corrected chi connectivity index (χ0v) is 15.5. The summed E-state index contributed by atoms with van der Waals surface area (Å²) < 4.78 is 5.12. The van der Waals surface area contributed by atoms with E-state index in [0.717, 1.165) is 5.56 Å². The molecule has 0 fully saturated rings. The Morgan fingerprint density at radius 1 is 1.00 bits per heavy atom. The summed E-state index contributed by atoms with van der Waals surface area (Å²) in [5.74, 6) is -1.30. The number of rotatable bonds is 6. The Balaban J connectivity index is 2.00. The second kappa shape index (κ2) is 9.38. The van der Waals surface area contributed by atoms with Crippen LogP contribution in [0.4, 0.5) is 5.69 Å². The first-order valence-electron chi connectivity index (χ1n) is 8.52. The number of ether oxygens (including phenoxy) is 1. The number of hydrogen-bond donors (Lipinski definition) is 3. The van der Waals surface area contributed by atoms with Crippen molar-refractivity contribution < 1.29 is 19.1 Å². The van der Waals surface area contributed by atoms with Crippen molar-refractivity contribution in [3.8, 4) is 5.75 Å². The van der Waals surface area contributed by atoms with Gasteiger partial charge in [-0.05, 0) is 43.7 Å². The number of anilines is 1. The highest BCUT2D eigenvalue weighted by Gasteiger charge is 2.18. The van der Waals surface area contributed by atoms with E-state index in [2.05, 4.69) is 16.0 Å². The number of nitrogens with one attached hydrogen (secondary N) is 3. The van der Waals surface area contributed by atoms with Gasteiger partial charge in [-0.3, -0.25) is 14.4 Å². The van der Waals surface area contributed by atoms with E-state index in [1.165, 1.54) is 0 Å². The summed E-state index contributed by atoms with van der Waals surface area (Å²) in [7, 11) is 1.55. The van der Waals surface area contributed by atoms with Gasteiger partial charge < -0.3 is 20.7 Å². The Kier molecular flexibility index (Phi) is 6.93. The van der Waals surface area contributed by atoms with E-state index in [4.69, 9.17) is 4.74 Å². The predicted molar refractivity (Wildman–Crippen MR) is 103 cm³/mol. The first-order chi connectivity index (χ1) is 12.9. The molecule has 7 heteroatoms. The number of hydrogen-bond acceptors (Lipinski definition) is 4. The standard InChI is InChI=1S/C20H23N3O4/c1-13(2)22-18(24)16-9-4-5-10-17(16)23-20(26)19(25)21-12-14-7-6-8-15(11-14)27-3/h4-11,13H,12H2,1-3H3,(H,21,25)(H,22,24)(H,23,26). The van der Waals surface area contributed by atoms with Crippen molar-refractivity contribution in [1.82, 2.24) is 10.6 Å². The van der Waals surface area contributed by atoms with Crippen LogP contribution in [0.5, 0.6) is 5.75 Å². The van der Waals surface area contributed by atoms with E-state index in [9.17, 15) is 14.4 Å². The minimum atomic E-state index is -0.845. The molecule has 3 N–H and O–H groups in total. The number of amides is 3. The average molecular weight is 369 g/mol. The Morgan fingerprint density at radius 3 is 2.44 bits per heavy atom. The zero-order valence-electron chi connectivity index (χ0n) is 15.5. The van der Waals surface area contributed by atoms with E-state index >= 15 is 0 Å². The van der Waals surface area contributed by atoms with Crippen LogP contribution < -0.4 is 20.7 Å². The van der Waals surface area contributed by atoms with Crippen molar-refractivity contribution in [3.63, 3.8) is 0 Å². The third-order valence-corrected chi connectivity index (χ3v) is 3.63. The molecule has 0 unspecified atom stereocenters. The number of carbonyl (C=O) groups is 3. The van der Waals surface area contributed by atoms with Gasteiger partial charge in [-0.25, -0.2) is 0 Å². The van der Waals surface area contributed by atoms with Gasteiger partial charge in [0, 0.05) is 12.6 Å². The Labute approximate surface area is 158 Å². The van der Waals surface area contributed by atoms with E-state index in [-0.39, 0.29) is 24.2 Å². The van der Waals surface area contributed by atoms with Crippen LogP contribution in [0.2, 0.25) is 0 Å². The molecule has 0 radical (unpaired) electrons. The van der Waals surface area contributed by atoms with E-state index in [0.29, 0.717) is 11.3 Å². The lowest BCUT2D eigenvalue weighted by Crippen LogP contribution is -2.36. The molecule has 142 valence electrons. The molecule has 0 aliphatic heterocycles. The van der Waals surface area contributed by atoms with Gasteiger partial charge in [0.25, 0.3) is 5.91 Å². The van der Waals surface area contributed by atoms with Gasteiger partial charge in [0.2, 0.25) is 0 Å². The smallest absolute Gasteiger partial charge is 0.313 e. The number of para-hydroxylation sites is 1. The quantitative estimate of drug-likeness (QED) is 0.679. The molecule has 0 bridgehead atoms. The first-order valence-corrected chi connectivity index (χ1v) is 8.52. The van der Waals surface area contributed by atoms with Crippen LogP contribution in [0.25, 0.3) is 0 Å². The van der Waals surface area contributed by atoms with Crippen molar-refractivity contribution in [1.29, 1.82) is 0 Å². The maximum atomic E-state index is 12.2. The fraction of sp³-hybridized carbons (Fsp3) is 0.250. The Bertz CT molecular complexity index is 833. The van der Waals surface area contributed by atoms with Crippen molar-refractivity contribution in [3.05, 3.63) is 59.7 Å².